The van der Waals surface area contributed by atoms with Crippen molar-refractivity contribution < 1.29 is 9.90 Å². The van der Waals surface area contributed by atoms with Crippen LogP contribution in [0.3, 0.4) is 0 Å². The highest BCUT2D eigenvalue weighted by molar-refractivity contribution is 5.99. The van der Waals surface area contributed by atoms with Gasteiger partial charge in [0, 0.05) is 18.0 Å². The summed E-state index contributed by atoms with van der Waals surface area (Å²) in [4.78, 5) is 13.2. The fourth-order valence-corrected chi connectivity index (χ4v) is 4.10. The van der Waals surface area contributed by atoms with Gasteiger partial charge in [-0.1, -0.05) is 55.0 Å². The first kappa shape index (κ1) is 16.7. The van der Waals surface area contributed by atoms with Gasteiger partial charge in [0.2, 0.25) is 0 Å². The summed E-state index contributed by atoms with van der Waals surface area (Å²) < 4.78 is 1.83. The number of para-hydroxylation sites is 1. The fraction of sp³-hybridized carbons (Fsp3) is 0.273. The van der Waals surface area contributed by atoms with Gasteiger partial charge in [-0.2, -0.15) is 5.10 Å². The molecule has 1 aromatic heterocycles. The Labute approximate surface area is 153 Å². The number of aliphatic hydroxyl groups is 1. The Morgan fingerprint density at radius 2 is 1.77 bits per heavy atom. The molecule has 0 amide bonds. The highest BCUT2D eigenvalue weighted by atomic mass is 16.3. The Hall–Kier alpha value is -2.72. The first-order valence-corrected chi connectivity index (χ1v) is 9.12. The average Bonchev–Trinajstić information content (AvgIpc) is 3.23. The summed E-state index contributed by atoms with van der Waals surface area (Å²) in [6.07, 6.45) is 5.51. The van der Waals surface area contributed by atoms with E-state index in [1.807, 2.05) is 65.5 Å². The highest BCUT2D eigenvalue weighted by Gasteiger charge is 2.39. The van der Waals surface area contributed by atoms with Crippen LogP contribution < -0.4 is 0 Å². The lowest BCUT2D eigenvalue weighted by Gasteiger charge is -2.35. The Morgan fingerprint density at radius 3 is 2.54 bits per heavy atom. The Bertz CT molecular complexity index is 874. The third kappa shape index (κ3) is 3.08. The molecule has 26 heavy (non-hydrogen) atoms. The van der Waals surface area contributed by atoms with Crippen LogP contribution in [0.5, 0.6) is 0 Å². The Morgan fingerprint density at radius 1 is 1.00 bits per heavy atom. The monoisotopic (exact) mass is 346 g/mol. The fourth-order valence-electron chi connectivity index (χ4n) is 4.10. The van der Waals surface area contributed by atoms with Crippen molar-refractivity contribution in [2.45, 2.75) is 31.3 Å². The van der Waals surface area contributed by atoms with Crippen LogP contribution in [-0.2, 0) is 0 Å². The summed E-state index contributed by atoms with van der Waals surface area (Å²) in [5.41, 5.74) is 2.71. The van der Waals surface area contributed by atoms with E-state index >= 15 is 0 Å². The van der Waals surface area contributed by atoms with Crippen LogP contribution in [0, 0.1) is 5.92 Å². The molecule has 1 heterocycles. The van der Waals surface area contributed by atoms with Gasteiger partial charge < -0.3 is 5.11 Å². The summed E-state index contributed by atoms with van der Waals surface area (Å²) in [6.45, 7) is 0. The molecule has 4 nitrogen and oxygen atoms in total. The first-order chi connectivity index (χ1) is 12.8. The van der Waals surface area contributed by atoms with Gasteiger partial charge in [0.1, 0.15) is 0 Å². The summed E-state index contributed by atoms with van der Waals surface area (Å²) in [5.74, 6) is -0.423. The van der Waals surface area contributed by atoms with E-state index in [9.17, 15) is 9.90 Å². The summed E-state index contributed by atoms with van der Waals surface area (Å²) in [6, 6.07) is 19.3. The van der Waals surface area contributed by atoms with Crippen LogP contribution in [0.4, 0.5) is 0 Å². The van der Waals surface area contributed by atoms with Gasteiger partial charge in [0.25, 0.3) is 0 Å². The Balaban J connectivity index is 1.76. The van der Waals surface area contributed by atoms with Crippen LogP contribution in [-0.4, -0.2) is 26.8 Å². The first-order valence-electron chi connectivity index (χ1n) is 9.12. The quantitative estimate of drug-likeness (QED) is 0.727. The second-order valence-electron chi connectivity index (χ2n) is 6.87. The van der Waals surface area contributed by atoms with E-state index in [1.54, 1.807) is 6.20 Å². The number of hydrogen-bond donors (Lipinski definition) is 1. The number of rotatable bonds is 4. The van der Waals surface area contributed by atoms with Crippen LogP contribution in [0.25, 0.3) is 5.69 Å². The molecule has 3 aromatic rings. The van der Waals surface area contributed by atoms with Gasteiger partial charge in [-0.3, -0.25) is 4.79 Å². The lowest BCUT2D eigenvalue weighted by molar-refractivity contribution is 0.0445. The lowest BCUT2D eigenvalue weighted by atomic mass is 9.70. The van der Waals surface area contributed by atoms with E-state index in [0.29, 0.717) is 12.0 Å². The van der Waals surface area contributed by atoms with Crippen molar-refractivity contribution in [3.05, 3.63) is 84.2 Å². The molecule has 0 saturated heterocycles. The summed E-state index contributed by atoms with van der Waals surface area (Å²) in [7, 11) is 0. The van der Waals surface area contributed by atoms with Crippen molar-refractivity contribution in [3.8, 4) is 5.69 Å². The molecule has 3 atom stereocenters. The number of nitrogens with zero attached hydrogens (tertiary/aromatic N) is 2. The van der Waals surface area contributed by atoms with Gasteiger partial charge in [-0.05, 0) is 36.5 Å². The summed E-state index contributed by atoms with van der Waals surface area (Å²) >= 11 is 0. The number of hydrogen-bond acceptors (Lipinski definition) is 3. The average molecular weight is 346 g/mol. The van der Waals surface area contributed by atoms with Crippen molar-refractivity contribution in [2.75, 3.05) is 0 Å². The van der Waals surface area contributed by atoms with Crippen molar-refractivity contribution >= 4 is 5.78 Å². The smallest absolute Gasteiger partial charge is 0.169 e. The number of ketones is 1. The van der Waals surface area contributed by atoms with Gasteiger partial charge >= 0.3 is 0 Å². The van der Waals surface area contributed by atoms with Gasteiger partial charge in [0.05, 0.1) is 17.7 Å². The second-order valence-corrected chi connectivity index (χ2v) is 6.87. The predicted molar refractivity (Wildman–Crippen MR) is 100 cm³/mol. The number of carbonyl (C=O) groups is 1. The molecule has 2 aromatic carbocycles. The molecule has 132 valence electrons. The summed E-state index contributed by atoms with van der Waals surface area (Å²) in [5, 5.41) is 15.1. The van der Waals surface area contributed by atoms with E-state index in [-0.39, 0.29) is 11.7 Å². The highest BCUT2D eigenvalue weighted by Crippen LogP contribution is 2.41. The zero-order valence-corrected chi connectivity index (χ0v) is 14.5. The lowest BCUT2D eigenvalue weighted by Crippen LogP contribution is -2.37. The zero-order chi connectivity index (χ0) is 17.9. The van der Waals surface area contributed by atoms with E-state index in [0.717, 1.165) is 24.1 Å². The molecule has 4 rings (SSSR count). The molecule has 0 radical (unpaired) electrons. The molecule has 0 unspecified atom stereocenters. The minimum atomic E-state index is -0.618. The topological polar surface area (TPSA) is 55.1 Å². The van der Waals surface area contributed by atoms with Gasteiger partial charge in [0.15, 0.2) is 5.78 Å². The van der Waals surface area contributed by atoms with Gasteiger partial charge in [-0.15, -0.1) is 0 Å². The van der Waals surface area contributed by atoms with E-state index < -0.39 is 12.0 Å². The normalized spacial score (nSPS) is 22.9. The number of aliphatic hydroxyl groups excluding tert-OH is 1. The molecule has 0 bridgehead atoms. The number of carbonyl (C=O) groups excluding carboxylic acids is 1. The van der Waals surface area contributed by atoms with Crippen molar-refractivity contribution in [2.24, 2.45) is 5.92 Å². The van der Waals surface area contributed by atoms with Crippen molar-refractivity contribution in [1.29, 1.82) is 0 Å². The molecule has 4 heteroatoms. The standard InChI is InChI=1S/C22H22N2O2/c25-20-13-6-11-18(21(20)22(26)16-8-2-1-3-9-16)17-10-4-5-12-19(17)24-15-7-14-23-24/h1-5,7-10,12,14-15,18,20-21,25H,6,11,13H2/t18-,20+,21-/m0/s1. The maximum absolute atomic E-state index is 13.2. The van der Waals surface area contributed by atoms with Crippen LogP contribution >= 0.6 is 0 Å². The third-order valence-electron chi connectivity index (χ3n) is 5.31. The number of Topliss-reactive ketones (excluding diaryl/α,β-unsaturated/α-hetero) is 1. The SMILES string of the molecule is O=C(c1ccccc1)[C@@H]1[C@H](O)CCC[C@H]1c1ccccc1-n1cccn1. The maximum Gasteiger partial charge on any atom is 0.169 e. The molecule has 1 N–H and O–H groups in total. The predicted octanol–water partition coefficient (Wildman–Crippen LogP) is 4.00. The van der Waals surface area contributed by atoms with E-state index in [4.69, 9.17) is 0 Å². The minimum absolute atomic E-state index is 0.0214. The Kier molecular flexibility index (Phi) is 4.67. The van der Waals surface area contributed by atoms with E-state index in [1.165, 1.54) is 0 Å². The van der Waals surface area contributed by atoms with Crippen LogP contribution in [0.15, 0.2) is 73.1 Å². The van der Waals surface area contributed by atoms with Crippen LogP contribution in [0.2, 0.25) is 0 Å². The molecule has 0 aliphatic heterocycles. The maximum atomic E-state index is 13.2. The van der Waals surface area contributed by atoms with Crippen LogP contribution in [0.1, 0.15) is 41.1 Å². The molecular weight excluding hydrogens is 324 g/mol. The molecule has 1 aliphatic rings. The molecule has 1 fully saturated rings. The molecule has 1 saturated carbocycles. The third-order valence-corrected chi connectivity index (χ3v) is 5.31. The van der Waals surface area contributed by atoms with E-state index in [2.05, 4.69) is 11.2 Å². The molecular formula is C22H22N2O2. The zero-order valence-electron chi connectivity index (χ0n) is 14.5. The minimum Gasteiger partial charge on any atom is -0.392 e. The van der Waals surface area contributed by atoms with Gasteiger partial charge in [-0.25, -0.2) is 4.68 Å². The largest absolute Gasteiger partial charge is 0.392 e. The molecule has 0 spiro atoms. The molecule has 1 aliphatic carbocycles. The second kappa shape index (κ2) is 7.26. The number of aromatic nitrogens is 2. The number of benzene rings is 2. The van der Waals surface area contributed by atoms with Crippen molar-refractivity contribution in [3.63, 3.8) is 0 Å². The van der Waals surface area contributed by atoms with Crippen molar-refractivity contribution in [1.82, 2.24) is 9.78 Å².